The summed E-state index contributed by atoms with van der Waals surface area (Å²) in [5, 5.41) is 9.25. The molecule has 1 aliphatic rings. The average Bonchev–Trinajstić information content (AvgIpc) is 2.98. The Morgan fingerprint density at radius 1 is 1.30 bits per heavy atom. The van der Waals surface area contributed by atoms with E-state index >= 15 is 0 Å². The lowest BCUT2D eigenvalue weighted by molar-refractivity contribution is -0.155. The minimum atomic E-state index is -1.18. The number of para-hydroxylation sites is 2. The smallest absolute Gasteiger partial charge is 0.326 e. The van der Waals surface area contributed by atoms with Crippen LogP contribution in [-0.2, 0) is 9.59 Å². The van der Waals surface area contributed by atoms with Crippen molar-refractivity contribution in [3.8, 4) is 11.5 Å². The van der Waals surface area contributed by atoms with Crippen molar-refractivity contribution in [2.75, 3.05) is 13.2 Å². The maximum Gasteiger partial charge on any atom is 0.326 e. The van der Waals surface area contributed by atoms with Crippen molar-refractivity contribution < 1.29 is 24.2 Å². The maximum atomic E-state index is 12.8. The monoisotopic (exact) mass is 321 g/mol. The Morgan fingerprint density at radius 2 is 1.96 bits per heavy atom. The van der Waals surface area contributed by atoms with Crippen LogP contribution in [0.2, 0.25) is 0 Å². The largest absolute Gasteiger partial charge is 0.490 e. The molecule has 2 rings (SSSR count). The Kier molecular flexibility index (Phi) is 5.13. The van der Waals surface area contributed by atoms with Gasteiger partial charge in [0.15, 0.2) is 17.1 Å². The Labute approximate surface area is 136 Å². The summed E-state index contributed by atoms with van der Waals surface area (Å²) in [5.74, 6) is -0.263. The first-order chi connectivity index (χ1) is 10.9. The second-order valence-electron chi connectivity index (χ2n) is 5.99. The van der Waals surface area contributed by atoms with E-state index in [4.69, 9.17) is 9.47 Å². The van der Waals surface area contributed by atoms with Gasteiger partial charge in [-0.25, -0.2) is 4.79 Å². The van der Waals surface area contributed by atoms with Crippen LogP contribution in [0.25, 0.3) is 0 Å². The van der Waals surface area contributed by atoms with Gasteiger partial charge in [-0.2, -0.15) is 0 Å². The number of hydrogen-bond donors (Lipinski definition) is 1. The summed E-state index contributed by atoms with van der Waals surface area (Å²) < 4.78 is 11.4. The molecule has 0 spiro atoms. The maximum absolute atomic E-state index is 12.8. The van der Waals surface area contributed by atoms with E-state index in [-0.39, 0.29) is 5.91 Å². The minimum absolute atomic E-state index is 0.325. The highest BCUT2D eigenvalue weighted by Gasteiger charge is 2.42. The number of carbonyl (C=O) groups excluding carboxylic acids is 1. The lowest BCUT2D eigenvalue weighted by Gasteiger charge is -2.32. The molecular weight excluding hydrogens is 298 g/mol. The van der Waals surface area contributed by atoms with E-state index in [0.29, 0.717) is 37.5 Å². The van der Waals surface area contributed by atoms with E-state index in [1.54, 1.807) is 32.0 Å². The fourth-order valence-electron chi connectivity index (χ4n) is 2.74. The van der Waals surface area contributed by atoms with Gasteiger partial charge in [0.1, 0.15) is 6.04 Å². The Bertz CT molecular complexity index is 584. The summed E-state index contributed by atoms with van der Waals surface area (Å²) >= 11 is 0. The van der Waals surface area contributed by atoms with E-state index in [9.17, 15) is 14.7 Å². The molecule has 1 amide bonds. The molecule has 1 aromatic carbocycles. The summed E-state index contributed by atoms with van der Waals surface area (Å²) in [6.07, 6.45) is 1.17. The fraction of sp³-hybridized carbons (Fsp3) is 0.529. The average molecular weight is 321 g/mol. The third kappa shape index (κ3) is 3.75. The molecule has 0 bridgehead atoms. The highest BCUT2D eigenvalue weighted by Crippen LogP contribution is 2.31. The predicted molar refractivity (Wildman–Crippen MR) is 84.7 cm³/mol. The van der Waals surface area contributed by atoms with Crippen molar-refractivity contribution in [3.05, 3.63) is 24.3 Å². The number of aliphatic carboxylic acids is 1. The molecule has 1 N–H and O–H groups in total. The highest BCUT2D eigenvalue weighted by atomic mass is 16.5. The van der Waals surface area contributed by atoms with E-state index in [0.717, 1.165) is 0 Å². The first-order valence-electron chi connectivity index (χ1n) is 7.81. The molecule has 0 radical (unpaired) electrons. The molecule has 1 fully saturated rings. The molecule has 1 aromatic rings. The molecule has 126 valence electrons. The van der Waals surface area contributed by atoms with Crippen LogP contribution in [-0.4, -0.2) is 46.7 Å². The number of carboxylic acids is 1. The van der Waals surface area contributed by atoms with Gasteiger partial charge in [-0.1, -0.05) is 12.1 Å². The van der Waals surface area contributed by atoms with Gasteiger partial charge in [0.25, 0.3) is 5.91 Å². The van der Waals surface area contributed by atoms with Gasteiger partial charge in [0.2, 0.25) is 0 Å². The second kappa shape index (κ2) is 6.89. The zero-order chi connectivity index (χ0) is 17.0. The minimum Gasteiger partial charge on any atom is -0.490 e. The molecule has 0 saturated carbocycles. The molecule has 1 heterocycles. The lowest BCUT2D eigenvalue weighted by atomic mass is 10.1. The predicted octanol–water partition coefficient (Wildman–Crippen LogP) is 2.32. The number of ether oxygens (including phenoxy) is 2. The molecule has 1 atom stereocenters. The summed E-state index contributed by atoms with van der Waals surface area (Å²) in [6, 6.07) is 6.36. The van der Waals surface area contributed by atoms with E-state index in [1.165, 1.54) is 4.90 Å². The van der Waals surface area contributed by atoms with Crippen molar-refractivity contribution in [2.24, 2.45) is 0 Å². The van der Waals surface area contributed by atoms with E-state index in [1.807, 2.05) is 13.0 Å². The quantitative estimate of drug-likeness (QED) is 0.870. The molecule has 0 aromatic heterocycles. The number of rotatable bonds is 6. The molecule has 6 nitrogen and oxygen atoms in total. The van der Waals surface area contributed by atoms with E-state index in [2.05, 4.69) is 0 Å². The van der Waals surface area contributed by atoms with Crippen LogP contribution in [0.3, 0.4) is 0 Å². The van der Waals surface area contributed by atoms with Crippen molar-refractivity contribution in [1.82, 2.24) is 4.90 Å². The van der Waals surface area contributed by atoms with Crippen LogP contribution >= 0.6 is 0 Å². The van der Waals surface area contributed by atoms with Crippen molar-refractivity contribution >= 4 is 11.9 Å². The van der Waals surface area contributed by atoms with Crippen LogP contribution in [0.15, 0.2) is 24.3 Å². The molecule has 23 heavy (non-hydrogen) atoms. The zero-order valence-electron chi connectivity index (χ0n) is 13.7. The zero-order valence-corrected chi connectivity index (χ0v) is 13.7. The molecule has 1 saturated heterocycles. The summed E-state index contributed by atoms with van der Waals surface area (Å²) in [7, 11) is 0. The van der Waals surface area contributed by atoms with Crippen LogP contribution < -0.4 is 9.47 Å². The van der Waals surface area contributed by atoms with Crippen LogP contribution in [0.1, 0.15) is 33.6 Å². The molecule has 0 aliphatic carbocycles. The molecule has 1 aliphatic heterocycles. The van der Waals surface area contributed by atoms with Crippen LogP contribution in [0.5, 0.6) is 11.5 Å². The van der Waals surface area contributed by atoms with Gasteiger partial charge < -0.3 is 19.5 Å². The third-order valence-corrected chi connectivity index (χ3v) is 3.83. The SMILES string of the molecule is CCOc1ccccc1OC(C)(C)C(=O)N1CCCC1C(=O)O. The van der Waals surface area contributed by atoms with Crippen molar-refractivity contribution in [3.63, 3.8) is 0 Å². The van der Waals surface area contributed by atoms with Crippen molar-refractivity contribution in [2.45, 2.75) is 45.3 Å². The molecule has 6 heteroatoms. The Morgan fingerprint density at radius 3 is 2.57 bits per heavy atom. The first kappa shape index (κ1) is 17.1. The number of carbonyl (C=O) groups is 2. The second-order valence-corrected chi connectivity index (χ2v) is 5.99. The summed E-state index contributed by atoms with van der Waals surface area (Å²) in [5.41, 5.74) is -1.18. The van der Waals surface area contributed by atoms with Gasteiger partial charge >= 0.3 is 5.97 Å². The van der Waals surface area contributed by atoms with Gasteiger partial charge in [0.05, 0.1) is 6.61 Å². The van der Waals surface area contributed by atoms with Crippen LogP contribution in [0.4, 0.5) is 0 Å². The van der Waals surface area contributed by atoms with Crippen LogP contribution in [0, 0.1) is 0 Å². The van der Waals surface area contributed by atoms with Gasteiger partial charge in [-0.15, -0.1) is 0 Å². The topological polar surface area (TPSA) is 76.1 Å². The number of benzene rings is 1. The summed E-state index contributed by atoms with van der Waals surface area (Å²) in [6.45, 7) is 6.09. The molecule has 1 unspecified atom stereocenters. The lowest BCUT2D eigenvalue weighted by Crippen LogP contribution is -2.52. The standard InChI is InChI=1S/C17H23NO5/c1-4-22-13-9-5-6-10-14(13)23-17(2,3)16(21)18-11-7-8-12(18)15(19)20/h5-6,9-10,12H,4,7-8,11H2,1-3H3,(H,19,20). The molecular formula is C17H23NO5. The highest BCUT2D eigenvalue weighted by molar-refractivity contribution is 5.89. The Balaban J connectivity index is 2.18. The van der Waals surface area contributed by atoms with Gasteiger partial charge in [-0.05, 0) is 45.7 Å². The first-order valence-corrected chi connectivity index (χ1v) is 7.81. The van der Waals surface area contributed by atoms with Gasteiger partial charge in [0, 0.05) is 6.54 Å². The van der Waals surface area contributed by atoms with E-state index < -0.39 is 17.6 Å². The normalized spacial score (nSPS) is 17.9. The van der Waals surface area contributed by atoms with Crippen molar-refractivity contribution in [1.29, 1.82) is 0 Å². The number of amides is 1. The number of hydrogen-bond acceptors (Lipinski definition) is 4. The third-order valence-electron chi connectivity index (χ3n) is 3.83. The fourth-order valence-corrected chi connectivity index (χ4v) is 2.74. The number of nitrogens with zero attached hydrogens (tertiary/aromatic N) is 1. The summed E-state index contributed by atoms with van der Waals surface area (Å²) in [4.78, 5) is 25.4. The number of carboxylic acid groups (broad SMARTS) is 1. The Hall–Kier alpha value is -2.24. The number of likely N-dealkylation sites (tertiary alicyclic amines) is 1. The van der Waals surface area contributed by atoms with Gasteiger partial charge in [-0.3, -0.25) is 4.79 Å².